The third kappa shape index (κ3) is 5.45. The predicted molar refractivity (Wildman–Crippen MR) is 114 cm³/mol. The second-order valence-electron chi connectivity index (χ2n) is 6.84. The minimum atomic E-state index is -0.528. The lowest BCUT2D eigenvalue weighted by Crippen LogP contribution is -2.33. The molecule has 3 rings (SSSR count). The standard InChI is InChI=1S/C24H24N2O3/c1-26(2)21-15-9-14-20(16-21)24(28)29-17-22(27)25-23(18-10-5-3-6-11-18)19-12-7-4-8-13-19/h3-16,23H,17H2,1-2H3,(H,25,27). The monoisotopic (exact) mass is 388 g/mol. The SMILES string of the molecule is CN(C)c1cccc(C(=O)OCC(=O)NC(c2ccccc2)c2ccccc2)c1. The Balaban J connectivity index is 1.66. The molecule has 0 saturated carbocycles. The van der Waals surface area contributed by atoms with Gasteiger partial charge < -0.3 is 15.0 Å². The number of esters is 1. The lowest BCUT2D eigenvalue weighted by atomic mass is 9.99. The Kier molecular flexibility index (Phi) is 6.63. The van der Waals surface area contributed by atoms with Crippen molar-refractivity contribution in [2.75, 3.05) is 25.6 Å². The Morgan fingerprint density at radius 1 is 0.862 bits per heavy atom. The highest BCUT2D eigenvalue weighted by Gasteiger charge is 2.18. The summed E-state index contributed by atoms with van der Waals surface area (Å²) in [7, 11) is 3.79. The average molecular weight is 388 g/mol. The van der Waals surface area contributed by atoms with Crippen molar-refractivity contribution in [3.8, 4) is 0 Å². The molecule has 148 valence electrons. The van der Waals surface area contributed by atoms with Gasteiger partial charge in [0.2, 0.25) is 0 Å². The van der Waals surface area contributed by atoms with Gasteiger partial charge in [0.05, 0.1) is 11.6 Å². The van der Waals surface area contributed by atoms with Crippen LogP contribution in [0.15, 0.2) is 84.9 Å². The fourth-order valence-electron chi connectivity index (χ4n) is 2.98. The molecule has 0 spiro atoms. The summed E-state index contributed by atoms with van der Waals surface area (Å²) in [6.45, 7) is -0.346. The fourth-order valence-corrected chi connectivity index (χ4v) is 2.98. The highest BCUT2D eigenvalue weighted by Crippen LogP contribution is 2.21. The highest BCUT2D eigenvalue weighted by atomic mass is 16.5. The molecule has 0 fully saturated rings. The van der Waals surface area contributed by atoms with Gasteiger partial charge in [-0.15, -0.1) is 0 Å². The van der Waals surface area contributed by atoms with Crippen LogP contribution in [0.4, 0.5) is 5.69 Å². The van der Waals surface area contributed by atoms with Crippen LogP contribution in [0.25, 0.3) is 0 Å². The first kappa shape index (κ1) is 20.1. The van der Waals surface area contributed by atoms with Gasteiger partial charge in [-0.2, -0.15) is 0 Å². The van der Waals surface area contributed by atoms with E-state index in [1.54, 1.807) is 18.2 Å². The zero-order valence-electron chi connectivity index (χ0n) is 16.5. The van der Waals surface area contributed by atoms with E-state index in [0.717, 1.165) is 16.8 Å². The van der Waals surface area contributed by atoms with E-state index in [1.807, 2.05) is 85.7 Å². The molecular weight excluding hydrogens is 364 g/mol. The van der Waals surface area contributed by atoms with Crippen LogP contribution >= 0.6 is 0 Å². The number of carbonyl (C=O) groups excluding carboxylic acids is 2. The second kappa shape index (κ2) is 9.55. The summed E-state index contributed by atoms with van der Waals surface area (Å²) in [6.07, 6.45) is 0. The molecule has 1 N–H and O–H groups in total. The Morgan fingerprint density at radius 3 is 2.00 bits per heavy atom. The van der Waals surface area contributed by atoms with Crippen molar-refractivity contribution in [1.82, 2.24) is 5.32 Å². The molecule has 3 aromatic rings. The van der Waals surface area contributed by atoms with E-state index in [0.29, 0.717) is 5.56 Å². The van der Waals surface area contributed by atoms with Gasteiger partial charge in [-0.05, 0) is 29.3 Å². The topological polar surface area (TPSA) is 58.6 Å². The van der Waals surface area contributed by atoms with E-state index in [9.17, 15) is 9.59 Å². The number of nitrogens with zero attached hydrogens (tertiary/aromatic N) is 1. The maximum absolute atomic E-state index is 12.5. The Morgan fingerprint density at radius 2 is 1.45 bits per heavy atom. The molecule has 0 aliphatic heterocycles. The maximum Gasteiger partial charge on any atom is 0.338 e. The summed E-state index contributed by atoms with van der Waals surface area (Å²) < 4.78 is 5.23. The summed E-state index contributed by atoms with van der Waals surface area (Å²) in [5.41, 5.74) is 3.21. The Labute approximate surface area is 170 Å². The molecule has 5 nitrogen and oxygen atoms in total. The predicted octanol–water partition coefficient (Wildman–Crippen LogP) is 3.82. The lowest BCUT2D eigenvalue weighted by Gasteiger charge is -2.20. The zero-order chi connectivity index (χ0) is 20.6. The third-order valence-corrected chi connectivity index (χ3v) is 4.50. The Hall–Kier alpha value is -3.60. The summed E-state index contributed by atoms with van der Waals surface area (Å²) in [4.78, 5) is 26.7. The van der Waals surface area contributed by atoms with Crippen molar-refractivity contribution in [3.63, 3.8) is 0 Å². The number of nitrogens with one attached hydrogen (secondary N) is 1. The van der Waals surface area contributed by atoms with Crippen LogP contribution in [0.2, 0.25) is 0 Å². The molecule has 1 amide bonds. The van der Waals surface area contributed by atoms with Crippen LogP contribution in [-0.4, -0.2) is 32.6 Å². The third-order valence-electron chi connectivity index (χ3n) is 4.50. The largest absolute Gasteiger partial charge is 0.452 e. The molecule has 0 radical (unpaired) electrons. The first-order chi connectivity index (χ1) is 14.0. The highest BCUT2D eigenvalue weighted by molar-refractivity contribution is 5.92. The van der Waals surface area contributed by atoms with Gasteiger partial charge in [0.15, 0.2) is 6.61 Å². The van der Waals surface area contributed by atoms with E-state index in [2.05, 4.69) is 5.32 Å². The molecule has 3 aromatic carbocycles. The second-order valence-corrected chi connectivity index (χ2v) is 6.84. The van der Waals surface area contributed by atoms with Crippen LogP contribution in [0.3, 0.4) is 0 Å². The molecule has 0 aromatic heterocycles. The van der Waals surface area contributed by atoms with Crippen molar-refractivity contribution in [2.24, 2.45) is 0 Å². The lowest BCUT2D eigenvalue weighted by molar-refractivity contribution is -0.124. The van der Waals surface area contributed by atoms with Crippen LogP contribution in [0.5, 0.6) is 0 Å². The van der Waals surface area contributed by atoms with E-state index in [4.69, 9.17) is 4.74 Å². The summed E-state index contributed by atoms with van der Waals surface area (Å²) in [5.74, 6) is -0.889. The minimum absolute atomic E-state index is 0.319. The van der Waals surface area contributed by atoms with Crippen molar-refractivity contribution < 1.29 is 14.3 Å². The molecule has 0 atom stereocenters. The number of carbonyl (C=O) groups is 2. The Bertz CT molecular complexity index is 917. The number of hydrogen-bond acceptors (Lipinski definition) is 4. The summed E-state index contributed by atoms with van der Waals surface area (Å²) >= 11 is 0. The van der Waals surface area contributed by atoms with Crippen LogP contribution in [-0.2, 0) is 9.53 Å². The summed E-state index contributed by atoms with van der Waals surface area (Å²) in [5, 5.41) is 2.96. The number of benzene rings is 3. The molecule has 0 heterocycles. The van der Waals surface area contributed by atoms with Gasteiger partial charge >= 0.3 is 5.97 Å². The van der Waals surface area contributed by atoms with E-state index < -0.39 is 5.97 Å². The van der Waals surface area contributed by atoms with Gasteiger partial charge in [-0.3, -0.25) is 4.79 Å². The zero-order valence-corrected chi connectivity index (χ0v) is 16.5. The first-order valence-corrected chi connectivity index (χ1v) is 9.38. The number of ether oxygens (including phenoxy) is 1. The molecule has 29 heavy (non-hydrogen) atoms. The summed E-state index contributed by atoms with van der Waals surface area (Å²) in [6, 6.07) is 26.1. The molecular formula is C24H24N2O3. The fraction of sp³-hybridized carbons (Fsp3) is 0.167. The molecule has 0 aliphatic rings. The van der Waals surface area contributed by atoms with Gasteiger partial charge in [0.1, 0.15) is 0 Å². The van der Waals surface area contributed by atoms with Crippen molar-refractivity contribution in [2.45, 2.75) is 6.04 Å². The van der Waals surface area contributed by atoms with Crippen LogP contribution in [0, 0.1) is 0 Å². The molecule has 5 heteroatoms. The quantitative estimate of drug-likeness (QED) is 0.625. The van der Waals surface area contributed by atoms with E-state index in [-0.39, 0.29) is 18.6 Å². The van der Waals surface area contributed by atoms with Crippen molar-refractivity contribution >= 4 is 17.6 Å². The van der Waals surface area contributed by atoms with Gasteiger partial charge in [-0.1, -0.05) is 66.7 Å². The minimum Gasteiger partial charge on any atom is -0.452 e. The van der Waals surface area contributed by atoms with Crippen LogP contribution in [0.1, 0.15) is 27.5 Å². The van der Waals surface area contributed by atoms with E-state index >= 15 is 0 Å². The number of amides is 1. The van der Waals surface area contributed by atoms with Gasteiger partial charge in [-0.25, -0.2) is 4.79 Å². The smallest absolute Gasteiger partial charge is 0.338 e. The van der Waals surface area contributed by atoms with Gasteiger partial charge in [0.25, 0.3) is 5.91 Å². The maximum atomic E-state index is 12.5. The number of anilines is 1. The van der Waals surface area contributed by atoms with Crippen molar-refractivity contribution in [1.29, 1.82) is 0 Å². The van der Waals surface area contributed by atoms with Gasteiger partial charge in [0, 0.05) is 19.8 Å². The molecule has 0 saturated heterocycles. The molecule has 0 unspecified atom stereocenters. The average Bonchev–Trinajstić information content (AvgIpc) is 2.77. The van der Waals surface area contributed by atoms with Crippen LogP contribution < -0.4 is 10.2 Å². The normalized spacial score (nSPS) is 10.4. The molecule has 0 aliphatic carbocycles. The van der Waals surface area contributed by atoms with Crippen molar-refractivity contribution in [3.05, 3.63) is 102 Å². The molecule has 0 bridgehead atoms. The first-order valence-electron chi connectivity index (χ1n) is 9.38. The van der Waals surface area contributed by atoms with E-state index in [1.165, 1.54) is 0 Å². The number of hydrogen-bond donors (Lipinski definition) is 1. The number of rotatable bonds is 7.